The average Bonchev–Trinajstić information content (AvgIpc) is 2.68. The Morgan fingerprint density at radius 3 is 2.39 bits per heavy atom. The molecule has 0 unspecified atom stereocenters. The van der Waals surface area contributed by atoms with Gasteiger partial charge in [-0.15, -0.1) is 0 Å². The third-order valence-electron chi connectivity index (χ3n) is 5.06. The summed E-state index contributed by atoms with van der Waals surface area (Å²) in [6.07, 6.45) is 1.80. The quantitative estimate of drug-likeness (QED) is 0.662. The smallest absolute Gasteiger partial charge is 0.240 e. The molecule has 3 rings (SSSR count). The maximum atomic E-state index is 12.2. The second-order valence-corrected chi connectivity index (χ2v) is 9.43. The maximum absolute atomic E-state index is 12.2. The van der Waals surface area contributed by atoms with Gasteiger partial charge in [-0.25, -0.2) is 13.1 Å². The lowest BCUT2D eigenvalue weighted by atomic mass is 10.2. The molecular formula is C21H28ClN3O2S. The van der Waals surface area contributed by atoms with Gasteiger partial charge in [0.2, 0.25) is 10.0 Å². The van der Waals surface area contributed by atoms with Crippen LogP contribution in [0.5, 0.6) is 0 Å². The van der Waals surface area contributed by atoms with Crippen LogP contribution in [0.2, 0.25) is 5.02 Å². The third-order valence-corrected chi connectivity index (χ3v) is 6.79. The van der Waals surface area contributed by atoms with Crippen LogP contribution in [0.25, 0.3) is 0 Å². The molecule has 0 atom stereocenters. The summed E-state index contributed by atoms with van der Waals surface area (Å²) in [5, 5.41) is 0.529. The number of hydrogen-bond donors (Lipinski definition) is 1. The third kappa shape index (κ3) is 5.95. The summed E-state index contributed by atoms with van der Waals surface area (Å²) in [7, 11) is -3.45. The molecule has 2 aromatic carbocycles. The van der Waals surface area contributed by atoms with Crippen molar-refractivity contribution in [1.29, 1.82) is 0 Å². The molecule has 7 heteroatoms. The highest BCUT2D eigenvalue weighted by Crippen LogP contribution is 2.18. The van der Waals surface area contributed by atoms with Gasteiger partial charge in [-0.05, 0) is 68.3 Å². The summed E-state index contributed by atoms with van der Waals surface area (Å²) < 4.78 is 27.1. The van der Waals surface area contributed by atoms with Gasteiger partial charge >= 0.3 is 0 Å². The van der Waals surface area contributed by atoms with Gasteiger partial charge in [-0.2, -0.15) is 0 Å². The fourth-order valence-corrected chi connectivity index (χ4v) is 4.62. The monoisotopic (exact) mass is 421 g/mol. The van der Waals surface area contributed by atoms with Crippen molar-refractivity contribution in [2.24, 2.45) is 0 Å². The normalized spacial score (nSPS) is 15.7. The lowest BCUT2D eigenvalue weighted by Crippen LogP contribution is -2.46. The first kappa shape index (κ1) is 21.1. The number of anilines is 1. The number of nitrogens with one attached hydrogen (secondary N) is 1. The summed E-state index contributed by atoms with van der Waals surface area (Å²) in [4.78, 5) is 5.15. The van der Waals surface area contributed by atoms with Gasteiger partial charge in [0.1, 0.15) is 0 Å². The molecule has 1 N–H and O–H groups in total. The molecule has 0 aromatic heterocycles. The molecule has 152 valence electrons. The van der Waals surface area contributed by atoms with Crippen molar-refractivity contribution < 1.29 is 8.42 Å². The molecule has 0 saturated carbocycles. The molecule has 1 aliphatic rings. The average molecular weight is 422 g/mol. The van der Waals surface area contributed by atoms with Crippen LogP contribution in [-0.4, -0.2) is 52.6 Å². The summed E-state index contributed by atoms with van der Waals surface area (Å²) in [5.74, 6) is 0. The largest absolute Gasteiger partial charge is 0.369 e. The zero-order valence-electron chi connectivity index (χ0n) is 16.3. The molecule has 1 aliphatic heterocycles. The van der Waals surface area contributed by atoms with Crippen molar-refractivity contribution in [3.8, 4) is 0 Å². The zero-order chi connectivity index (χ0) is 20.0. The predicted molar refractivity (Wildman–Crippen MR) is 116 cm³/mol. The van der Waals surface area contributed by atoms with Crippen LogP contribution in [0.4, 0.5) is 5.69 Å². The molecule has 0 bridgehead atoms. The number of sulfonamides is 1. The van der Waals surface area contributed by atoms with Crippen molar-refractivity contribution >= 4 is 27.3 Å². The number of halogens is 1. The van der Waals surface area contributed by atoms with Crippen molar-refractivity contribution in [2.75, 3.05) is 44.2 Å². The topological polar surface area (TPSA) is 52.6 Å². The summed E-state index contributed by atoms with van der Waals surface area (Å²) in [5.41, 5.74) is 2.59. The van der Waals surface area contributed by atoms with Crippen LogP contribution in [0.15, 0.2) is 53.4 Å². The first-order valence-electron chi connectivity index (χ1n) is 9.73. The standard InChI is InChI=1S/C21H28ClN3O2S/c1-18-5-4-6-20(17-18)25-15-13-24(14-16-25)12-3-2-11-23-28(26,27)21-9-7-19(22)8-10-21/h4-10,17,23H,2-3,11-16H2,1H3. The van der Waals surface area contributed by atoms with E-state index in [1.807, 2.05) is 0 Å². The summed E-state index contributed by atoms with van der Waals surface area (Å²) in [6, 6.07) is 14.9. The number of nitrogens with zero attached hydrogens (tertiary/aromatic N) is 2. The van der Waals surface area contributed by atoms with Crippen LogP contribution in [-0.2, 0) is 10.0 Å². The first-order chi connectivity index (χ1) is 13.4. The minimum Gasteiger partial charge on any atom is -0.369 e. The number of aryl methyl sites for hydroxylation is 1. The number of hydrogen-bond acceptors (Lipinski definition) is 4. The highest BCUT2D eigenvalue weighted by atomic mass is 35.5. The Labute approximate surface area is 173 Å². The Bertz CT molecular complexity index is 863. The molecular weight excluding hydrogens is 394 g/mol. The van der Waals surface area contributed by atoms with E-state index >= 15 is 0 Å². The van der Waals surface area contributed by atoms with Gasteiger partial charge in [-0.3, -0.25) is 4.90 Å². The van der Waals surface area contributed by atoms with Crippen molar-refractivity contribution in [2.45, 2.75) is 24.7 Å². The Morgan fingerprint density at radius 1 is 1.00 bits per heavy atom. The number of benzene rings is 2. The second kappa shape index (κ2) is 9.74. The Balaban J connectivity index is 1.34. The van der Waals surface area contributed by atoms with E-state index < -0.39 is 10.0 Å². The maximum Gasteiger partial charge on any atom is 0.240 e. The van der Waals surface area contributed by atoms with E-state index in [1.54, 1.807) is 12.1 Å². The number of rotatable bonds is 8. The van der Waals surface area contributed by atoms with Crippen molar-refractivity contribution in [3.63, 3.8) is 0 Å². The lowest BCUT2D eigenvalue weighted by molar-refractivity contribution is 0.253. The SMILES string of the molecule is Cc1cccc(N2CCN(CCCCNS(=O)(=O)c3ccc(Cl)cc3)CC2)c1. The molecule has 1 fully saturated rings. The van der Waals surface area contributed by atoms with Gasteiger partial charge in [0.15, 0.2) is 0 Å². The van der Waals surface area contributed by atoms with Crippen LogP contribution in [0.1, 0.15) is 18.4 Å². The fourth-order valence-electron chi connectivity index (χ4n) is 3.42. The van der Waals surface area contributed by atoms with Gasteiger partial charge in [-0.1, -0.05) is 23.7 Å². The van der Waals surface area contributed by atoms with Gasteiger partial charge in [0, 0.05) is 43.4 Å². The van der Waals surface area contributed by atoms with Crippen molar-refractivity contribution in [3.05, 3.63) is 59.1 Å². The molecule has 0 amide bonds. The minimum atomic E-state index is -3.45. The van der Waals surface area contributed by atoms with Gasteiger partial charge in [0.05, 0.1) is 4.90 Å². The molecule has 0 aliphatic carbocycles. The van der Waals surface area contributed by atoms with E-state index in [1.165, 1.54) is 23.4 Å². The highest BCUT2D eigenvalue weighted by Gasteiger charge is 2.17. The number of piperazine rings is 1. The number of unbranched alkanes of at least 4 members (excludes halogenated alkanes) is 1. The van der Waals surface area contributed by atoms with Crippen LogP contribution < -0.4 is 9.62 Å². The summed E-state index contributed by atoms with van der Waals surface area (Å²) in [6.45, 7) is 7.74. The highest BCUT2D eigenvalue weighted by molar-refractivity contribution is 7.89. The first-order valence-corrected chi connectivity index (χ1v) is 11.6. The molecule has 0 radical (unpaired) electrons. The van der Waals surface area contributed by atoms with E-state index in [0.29, 0.717) is 11.6 Å². The minimum absolute atomic E-state index is 0.254. The predicted octanol–water partition coefficient (Wildman–Crippen LogP) is 3.53. The molecule has 1 heterocycles. The molecule has 0 spiro atoms. The van der Waals surface area contributed by atoms with Crippen LogP contribution in [0.3, 0.4) is 0 Å². The molecule has 1 saturated heterocycles. The van der Waals surface area contributed by atoms with E-state index in [9.17, 15) is 8.42 Å². The molecule has 2 aromatic rings. The lowest BCUT2D eigenvalue weighted by Gasteiger charge is -2.36. The van der Waals surface area contributed by atoms with E-state index in [0.717, 1.165) is 45.6 Å². The Hall–Kier alpha value is -1.60. The van der Waals surface area contributed by atoms with Gasteiger partial charge in [0.25, 0.3) is 0 Å². The second-order valence-electron chi connectivity index (χ2n) is 7.23. The Morgan fingerprint density at radius 2 is 1.71 bits per heavy atom. The van der Waals surface area contributed by atoms with Gasteiger partial charge < -0.3 is 4.90 Å². The van der Waals surface area contributed by atoms with Crippen LogP contribution >= 0.6 is 11.6 Å². The Kier molecular flexibility index (Phi) is 7.35. The molecule has 28 heavy (non-hydrogen) atoms. The van der Waals surface area contributed by atoms with Crippen LogP contribution in [0, 0.1) is 6.92 Å². The van der Waals surface area contributed by atoms with Crippen molar-refractivity contribution in [1.82, 2.24) is 9.62 Å². The fraction of sp³-hybridized carbons (Fsp3) is 0.429. The van der Waals surface area contributed by atoms with E-state index in [2.05, 4.69) is 45.7 Å². The zero-order valence-corrected chi connectivity index (χ0v) is 17.8. The van der Waals surface area contributed by atoms with E-state index in [-0.39, 0.29) is 4.90 Å². The summed E-state index contributed by atoms with van der Waals surface area (Å²) >= 11 is 5.81. The molecule has 5 nitrogen and oxygen atoms in total. The van der Waals surface area contributed by atoms with E-state index in [4.69, 9.17) is 11.6 Å².